The number of aliphatic carboxylic acids is 1. The standard InChI is InChI=1S/C15H14FN3O3.CH2F2/c1-18-13(15(20)21)11-7-10(4-5-12(11)17)22-8-9-3-2-6-19-14(9)16;2-1-3/h2-7H,8,17H2,1H3,(H,20,21);1H2. The molecule has 0 spiro atoms. The van der Waals surface area contributed by atoms with Gasteiger partial charge in [0.1, 0.15) is 12.4 Å². The Hall–Kier alpha value is -3.10. The third-order valence-corrected chi connectivity index (χ3v) is 2.94. The summed E-state index contributed by atoms with van der Waals surface area (Å²) >= 11 is 0. The molecule has 25 heavy (non-hydrogen) atoms. The third-order valence-electron chi connectivity index (χ3n) is 2.94. The number of nitrogen functional groups attached to an aromatic ring is 1. The van der Waals surface area contributed by atoms with Crippen LogP contribution in [0.4, 0.5) is 18.9 Å². The molecule has 9 heteroatoms. The Balaban J connectivity index is 0.000000970. The van der Waals surface area contributed by atoms with Crippen molar-refractivity contribution < 1.29 is 27.8 Å². The molecule has 134 valence electrons. The molecule has 0 aliphatic heterocycles. The highest BCUT2D eigenvalue weighted by Gasteiger charge is 2.15. The average molecular weight is 355 g/mol. The first-order valence-electron chi connectivity index (χ1n) is 6.88. The normalized spacial score (nSPS) is 10.6. The molecule has 0 saturated heterocycles. The predicted molar refractivity (Wildman–Crippen MR) is 86.6 cm³/mol. The molecule has 2 rings (SSSR count). The van der Waals surface area contributed by atoms with Gasteiger partial charge in [-0.25, -0.2) is 18.6 Å². The van der Waals surface area contributed by atoms with E-state index in [1.54, 1.807) is 18.2 Å². The van der Waals surface area contributed by atoms with Crippen LogP contribution in [0.5, 0.6) is 5.75 Å². The summed E-state index contributed by atoms with van der Waals surface area (Å²) in [4.78, 5) is 18.4. The molecule has 0 radical (unpaired) electrons. The van der Waals surface area contributed by atoms with Crippen LogP contribution in [0, 0.1) is 5.95 Å². The molecule has 6 nitrogen and oxygen atoms in total. The van der Waals surface area contributed by atoms with Crippen molar-refractivity contribution in [2.45, 2.75) is 6.61 Å². The number of aliphatic imine (C=N–C) groups is 1. The minimum Gasteiger partial charge on any atom is -0.489 e. The van der Waals surface area contributed by atoms with Crippen LogP contribution in [0.15, 0.2) is 41.5 Å². The summed E-state index contributed by atoms with van der Waals surface area (Å²) in [5.74, 6) is -1.45. The van der Waals surface area contributed by atoms with Gasteiger partial charge in [0.05, 0.1) is 0 Å². The fourth-order valence-corrected chi connectivity index (χ4v) is 1.85. The first-order chi connectivity index (χ1) is 11.9. The average Bonchev–Trinajstić information content (AvgIpc) is 2.57. The van der Waals surface area contributed by atoms with Gasteiger partial charge in [-0.2, -0.15) is 4.39 Å². The largest absolute Gasteiger partial charge is 0.489 e. The van der Waals surface area contributed by atoms with E-state index in [-0.39, 0.29) is 23.6 Å². The zero-order valence-electron chi connectivity index (χ0n) is 13.2. The van der Waals surface area contributed by atoms with E-state index in [1.165, 1.54) is 25.4 Å². The Labute approximate surface area is 141 Å². The summed E-state index contributed by atoms with van der Waals surface area (Å²) < 4.78 is 38.1. The highest BCUT2D eigenvalue weighted by Crippen LogP contribution is 2.22. The molecule has 0 amide bonds. The number of hydrogen-bond acceptors (Lipinski definition) is 5. The number of carbonyl (C=O) groups is 1. The number of rotatable bonds is 5. The molecule has 1 aromatic heterocycles. The molecular weight excluding hydrogens is 339 g/mol. The summed E-state index contributed by atoms with van der Waals surface area (Å²) in [5, 5.41) is 9.10. The number of anilines is 1. The second kappa shape index (κ2) is 9.91. The first kappa shape index (κ1) is 19.9. The van der Waals surface area contributed by atoms with Gasteiger partial charge in [-0.3, -0.25) is 4.99 Å². The maximum absolute atomic E-state index is 13.4. The second-order valence-corrected chi connectivity index (χ2v) is 4.47. The van der Waals surface area contributed by atoms with Gasteiger partial charge < -0.3 is 15.6 Å². The zero-order valence-corrected chi connectivity index (χ0v) is 13.2. The lowest BCUT2D eigenvalue weighted by Crippen LogP contribution is -2.16. The van der Waals surface area contributed by atoms with Crippen LogP contribution in [0.2, 0.25) is 0 Å². The van der Waals surface area contributed by atoms with Gasteiger partial charge in [0.25, 0.3) is 0 Å². The van der Waals surface area contributed by atoms with Gasteiger partial charge in [-0.05, 0) is 30.3 Å². The fraction of sp³-hybridized carbons (Fsp3) is 0.188. The van der Waals surface area contributed by atoms with E-state index in [4.69, 9.17) is 15.6 Å². The van der Waals surface area contributed by atoms with Crippen LogP contribution in [0.1, 0.15) is 11.1 Å². The van der Waals surface area contributed by atoms with Crippen molar-refractivity contribution in [2.24, 2.45) is 4.99 Å². The molecular formula is C16H16F3N3O3. The van der Waals surface area contributed by atoms with Crippen LogP contribution in [0.25, 0.3) is 0 Å². The Morgan fingerprint density at radius 3 is 2.60 bits per heavy atom. The number of carboxylic acids is 1. The van der Waals surface area contributed by atoms with Crippen LogP contribution in [-0.2, 0) is 11.4 Å². The van der Waals surface area contributed by atoms with Gasteiger partial charge in [0.2, 0.25) is 12.9 Å². The zero-order chi connectivity index (χ0) is 18.8. The molecule has 1 aromatic carbocycles. The number of alkyl halides is 2. The van der Waals surface area contributed by atoms with Crippen LogP contribution in [-0.4, -0.2) is 35.7 Å². The lowest BCUT2D eigenvalue weighted by Gasteiger charge is -2.10. The summed E-state index contributed by atoms with van der Waals surface area (Å²) in [5.41, 5.74) is 6.41. The number of carboxylic acid groups (broad SMARTS) is 1. The number of hydrogen-bond donors (Lipinski definition) is 2. The number of benzene rings is 1. The van der Waals surface area contributed by atoms with Crippen LogP contribution in [0.3, 0.4) is 0 Å². The van der Waals surface area contributed by atoms with Gasteiger partial charge in [-0.1, -0.05) is 0 Å². The van der Waals surface area contributed by atoms with Crippen LogP contribution >= 0.6 is 0 Å². The SMILES string of the molecule is CN=C(C(=O)O)c1cc(OCc2cccnc2F)ccc1N.FCF. The molecule has 0 aliphatic carbocycles. The molecule has 2 aromatic rings. The van der Waals surface area contributed by atoms with E-state index >= 15 is 0 Å². The number of nitrogens with two attached hydrogens (primary N) is 1. The van der Waals surface area contributed by atoms with Crippen molar-refractivity contribution in [1.29, 1.82) is 0 Å². The lowest BCUT2D eigenvalue weighted by atomic mass is 10.1. The monoisotopic (exact) mass is 355 g/mol. The Kier molecular flexibility index (Phi) is 7.91. The molecule has 0 fully saturated rings. The van der Waals surface area contributed by atoms with Gasteiger partial charge >= 0.3 is 5.97 Å². The van der Waals surface area contributed by atoms with E-state index in [0.717, 1.165) is 0 Å². The quantitative estimate of drug-likeness (QED) is 0.488. The molecule has 0 atom stereocenters. The maximum atomic E-state index is 13.4. The Morgan fingerprint density at radius 2 is 2.04 bits per heavy atom. The highest BCUT2D eigenvalue weighted by atomic mass is 19.3. The number of nitrogens with zero attached hydrogens (tertiary/aromatic N) is 2. The van der Waals surface area contributed by atoms with Crippen molar-refractivity contribution in [2.75, 3.05) is 19.7 Å². The topological polar surface area (TPSA) is 97.8 Å². The summed E-state index contributed by atoms with van der Waals surface area (Å²) in [6, 6.07) is 7.69. The van der Waals surface area contributed by atoms with E-state index < -0.39 is 18.8 Å². The molecule has 0 bridgehead atoms. The van der Waals surface area contributed by atoms with Crippen molar-refractivity contribution in [1.82, 2.24) is 4.98 Å². The lowest BCUT2D eigenvalue weighted by molar-refractivity contribution is -0.129. The van der Waals surface area contributed by atoms with Crippen molar-refractivity contribution in [3.63, 3.8) is 0 Å². The van der Waals surface area contributed by atoms with Gasteiger partial charge in [0.15, 0.2) is 5.71 Å². The van der Waals surface area contributed by atoms with Crippen molar-refractivity contribution >= 4 is 17.4 Å². The summed E-state index contributed by atoms with van der Waals surface area (Å²) in [6.07, 6.45) is 1.34. The highest BCUT2D eigenvalue weighted by molar-refractivity contribution is 6.43. The minimum absolute atomic E-state index is 0.0330. The Bertz CT molecular complexity index is 754. The van der Waals surface area contributed by atoms with Crippen LogP contribution < -0.4 is 10.5 Å². The van der Waals surface area contributed by atoms with Gasteiger partial charge in [-0.15, -0.1) is 0 Å². The number of aromatic nitrogens is 1. The molecule has 0 unspecified atom stereocenters. The number of ether oxygens (including phenoxy) is 1. The third kappa shape index (κ3) is 5.79. The maximum Gasteiger partial charge on any atom is 0.354 e. The molecule has 0 aliphatic rings. The molecule has 0 saturated carbocycles. The van der Waals surface area contributed by atoms with E-state index in [0.29, 0.717) is 11.3 Å². The van der Waals surface area contributed by atoms with Crippen molar-refractivity contribution in [3.05, 3.63) is 53.6 Å². The van der Waals surface area contributed by atoms with E-state index in [1.807, 2.05) is 0 Å². The van der Waals surface area contributed by atoms with E-state index in [2.05, 4.69) is 9.98 Å². The molecule has 3 N–H and O–H groups in total. The van der Waals surface area contributed by atoms with Crippen molar-refractivity contribution in [3.8, 4) is 5.75 Å². The first-order valence-corrected chi connectivity index (χ1v) is 6.88. The smallest absolute Gasteiger partial charge is 0.354 e. The number of halogens is 3. The number of pyridine rings is 1. The minimum atomic E-state index is -1.75. The predicted octanol–water partition coefficient (Wildman–Crippen LogP) is 2.77. The Morgan fingerprint density at radius 1 is 1.36 bits per heavy atom. The second-order valence-electron chi connectivity index (χ2n) is 4.47. The summed E-state index contributed by atoms with van der Waals surface area (Å²) in [6.45, 7) is -1.78. The van der Waals surface area contributed by atoms with E-state index in [9.17, 15) is 18.0 Å². The fourth-order valence-electron chi connectivity index (χ4n) is 1.85. The molecule has 1 heterocycles. The van der Waals surface area contributed by atoms with Gasteiger partial charge in [0, 0.05) is 30.1 Å². The summed E-state index contributed by atoms with van der Waals surface area (Å²) in [7, 11) is 1.36.